The molecule has 0 saturated carbocycles. The quantitative estimate of drug-likeness (QED) is 0.615. The van der Waals surface area contributed by atoms with Crippen LogP contribution in [0, 0.1) is 28.4 Å². The second-order valence-electron chi connectivity index (χ2n) is 3.19. The molecule has 0 N–H and O–H groups in total. The van der Waals surface area contributed by atoms with Crippen LogP contribution in [0.2, 0.25) is 0 Å². The highest BCUT2D eigenvalue weighted by Crippen LogP contribution is 2.29. The molecule has 1 heterocycles. The Kier molecular flexibility index (Phi) is 3.70. The van der Waals surface area contributed by atoms with Gasteiger partial charge in [0.1, 0.15) is 5.69 Å². The van der Waals surface area contributed by atoms with Gasteiger partial charge in [0.25, 0.3) is 5.69 Å². The Morgan fingerprint density at radius 2 is 2.22 bits per heavy atom. The summed E-state index contributed by atoms with van der Waals surface area (Å²) in [5, 5.41) is 19.2. The molecule has 0 bridgehead atoms. The van der Waals surface area contributed by atoms with E-state index in [1.54, 1.807) is 6.07 Å². The van der Waals surface area contributed by atoms with E-state index in [4.69, 9.17) is 5.26 Å². The van der Waals surface area contributed by atoms with Gasteiger partial charge < -0.3 is 4.74 Å². The summed E-state index contributed by atoms with van der Waals surface area (Å²) in [5.41, 5.74) is -0.896. The van der Waals surface area contributed by atoms with Crippen molar-refractivity contribution in [3.63, 3.8) is 0 Å². The fourth-order valence-corrected chi connectivity index (χ4v) is 1.34. The van der Waals surface area contributed by atoms with Gasteiger partial charge in [-0.25, -0.2) is 4.98 Å². The van der Waals surface area contributed by atoms with Gasteiger partial charge >= 0.3 is 6.36 Å². The van der Waals surface area contributed by atoms with Crippen molar-refractivity contribution in [2.75, 3.05) is 0 Å². The van der Waals surface area contributed by atoms with Crippen molar-refractivity contribution in [2.45, 2.75) is 19.7 Å². The Balaban J connectivity index is 3.28. The third-order valence-electron chi connectivity index (χ3n) is 1.89. The Morgan fingerprint density at radius 1 is 1.61 bits per heavy atom. The summed E-state index contributed by atoms with van der Waals surface area (Å²) >= 11 is 0. The SMILES string of the molecule is Cc1nc(OC(F)(F)F)cc(CC#N)c1[N+](=O)[O-]. The third-order valence-corrected chi connectivity index (χ3v) is 1.89. The Bertz CT molecular complexity index is 522. The van der Waals surface area contributed by atoms with E-state index in [0.29, 0.717) is 0 Å². The number of pyridine rings is 1. The number of aryl methyl sites for hydroxylation is 1. The van der Waals surface area contributed by atoms with Gasteiger partial charge in [-0.1, -0.05) is 0 Å². The van der Waals surface area contributed by atoms with E-state index in [2.05, 4.69) is 9.72 Å². The van der Waals surface area contributed by atoms with Crippen molar-refractivity contribution >= 4 is 5.69 Å². The molecule has 0 fully saturated rings. The summed E-state index contributed by atoms with van der Waals surface area (Å²) in [6.45, 7) is 1.17. The molecule has 0 unspecified atom stereocenters. The largest absolute Gasteiger partial charge is 0.574 e. The monoisotopic (exact) mass is 261 g/mol. The molecule has 0 amide bonds. The van der Waals surface area contributed by atoms with E-state index >= 15 is 0 Å². The molecule has 0 radical (unpaired) electrons. The Labute approximate surface area is 98.8 Å². The van der Waals surface area contributed by atoms with Crippen molar-refractivity contribution in [1.29, 1.82) is 5.26 Å². The topological polar surface area (TPSA) is 89.0 Å². The van der Waals surface area contributed by atoms with Crippen LogP contribution in [0.1, 0.15) is 11.3 Å². The average molecular weight is 261 g/mol. The number of aromatic nitrogens is 1. The molecular weight excluding hydrogens is 255 g/mol. The molecule has 96 valence electrons. The number of halogens is 3. The maximum atomic E-state index is 12.0. The van der Waals surface area contributed by atoms with Gasteiger partial charge in [0, 0.05) is 6.07 Å². The number of hydrogen-bond donors (Lipinski definition) is 0. The molecule has 9 heteroatoms. The molecule has 1 rings (SSSR count). The number of rotatable bonds is 3. The van der Waals surface area contributed by atoms with Crippen LogP contribution in [-0.2, 0) is 6.42 Å². The lowest BCUT2D eigenvalue weighted by Gasteiger charge is -2.10. The predicted molar refractivity (Wildman–Crippen MR) is 51.6 cm³/mol. The minimum atomic E-state index is -4.94. The standard InChI is InChI=1S/C9H6F3N3O3/c1-5-8(15(16)17)6(2-3-13)4-7(14-5)18-9(10,11)12/h4H,2H2,1H3. The first-order valence-electron chi connectivity index (χ1n) is 4.52. The summed E-state index contributed by atoms with van der Waals surface area (Å²) in [6, 6.07) is 2.37. The van der Waals surface area contributed by atoms with Gasteiger partial charge in [-0.15, -0.1) is 13.2 Å². The first-order valence-corrected chi connectivity index (χ1v) is 4.52. The first kappa shape index (κ1) is 13.7. The molecular formula is C9H6F3N3O3. The normalized spacial score (nSPS) is 10.8. The van der Waals surface area contributed by atoms with E-state index < -0.39 is 29.3 Å². The van der Waals surface area contributed by atoms with Gasteiger partial charge in [-0.05, 0) is 6.92 Å². The zero-order valence-electron chi connectivity index (χ0n) is 8.98. The maximum absolute atomic E-state index is 12.0. The number of nitrogens with zero attached hydrogens (tertiary/aromatic N) is 3. The molecule has 0 aliphatic heterocycles. The number of alkyl halides is 3. The highest BCUT2D eigenvalue weighted by molar-refractivity contribution is 5.47. The molecule has 0 spiro atoms. The predicted octanol–water partition coefficient (Wildman–Crippen LogP) is 2.26. The van der Waals surface area contributed by atoms with Crippen LogP contribution >= 0.6 is 0 Å². The molecule has 0 aliphatic carbocycles. The van der Waals surface area contributed by atoms with Crippen LogP contribution in [0.3, 0.4) is 0 Å². The molecule has 0 aliphatic rings. The van der Waals surface area contributed by atoms with E-state index in [1.165, 1.54) is 6.92 Å². The van der Waals surface area contributed by atoms with Gasteiger partial charge in [0.05, 0.1) is 23.0 Å². The second kappa shape index (κ2) is 4.87. The summed E-state index contributed by atoms with van der Waals surface area (Å²) in [6.07, 6.45) is -5.35. The van der Waals surface area contributed by atoms with Crippen molar-refractivity contribution in [1.82, 2.24) is 4.98 Å². The molecule has 1 aromatic rings. The van der Waals surface area contributed by atoms with Gasteiger partial charge in [0.2, 0.25) is 5.88 Å². The molecule has 0 aromatic carbocycles. The fraction of sp³-hybridized carbons (Fsp3) is 0.333. The maximum Gasteiger partial charge on any atom is 0.574 e. The van der Waals surface area contributed by atoms with Crippen LogP contribution in [0.15, 0.2) is 6.07 Å². The van der Waals surface area contributed by atoms with Gasteiger partial charge in [-0.3, -0.25) is 10.1 Å². The van der Waals surface area contributed by atoms with E-state index in [-0.39, 0.29) is 11.3 Å². The fourth-order valence-electron chi connectivity index (χ4n) is 1.34. The molecule has 0 saturated heterocycles. The first-order chi connectivity index (χ1) is 8.24. The average Bonchev–Trinajstić information content (AvgIpc) is 2.13. The Morgan fingerprint density at radius 3 is 2.67 bits per heavy atom. The lowest BCUT2D eigenvalue weighted by molar-refractivity contribution is -0.386. The smallest absolute Gasteiger partial charge is 0.388 e. The number of nitro groups is 1. The molecule has 18 heavy (non-hydrogen) atoms. The van der Waals surface area contributed by atoms with Gasteiger partial charge in [0.15, 0.2) is 0 Å². The zero-order chi connectivity index (χ0) is 13.9. The van der Waals surface area contributed by atoms with Crippen LogP contribution in [-0.4, -0.2) is 16.3 Å². The van der Waals surface area contributed by atoms with E-state index in [9.17, 15) is 23.3 Å². The van der Waals surface area contributed by atoms with Crippen molar-refractivity contribution in [3.05, 3.63) is 27.4 Å². The zero-order valence-corrected chi connectivity index (χ0v) is 8.98. The lowest BCUT2D eigenvalue weighted by atomic mass is 10.1. The van der Waals surface area contributed by atoms with Crippen LogP contribution in [0.5, 0.6) is 5.88 Å². The van der Waals surface area contributed by atoms with E-state index in [1.807, 2.05) is 0 Å². The highest BCUT2D eigenvalue weighted by Gasteiger charge is 2.33. The van der Waals surface area contributed by atoms with Gasteiger partial charge in [-0.2, -0.15) is 5.26 Å². The summed E-state index contributed by atoms with van der Waals surface area (Å²) in [7, 11) is 0. The minimum Gasteiger partial charge on any atom is -0.388 e. The van der Waals surface area contributed by atoms with Crippen LogP contribution < -0.4 is 4.74 Å². The summed E-state index contributed by atoms with van der Waals surface area (Å²) in [4.78, 5) is 13.2. The summed E-state index contributed by atoms with van der Waals surface area (Å²) in [5.74, 6) is -0.823. The molecule has 1 aromatic heterocycles. The lowest BCUT2D eigenvalue weighted by Crippen LogP contribution is -2.18. The highest BCUT2D eigenvalue weighted by atomic mass is 19.4. The Hall–Kier alpha value is -2.37. The van der Waals surface area contributed by atoms with Crippen molar-refractivity contribution in [2.24, 2.45) is 0 Å². The number of hydrogen-bond acceptors (Lipinski definition) is 5. The van der Waals surface area contributed by atoms with Crippen LogP contribution in [0.4, 0.5) is 18.9 Å². The summed E-state index contributed by atoms with van der Waals surface area (Å²) < 4.78 is 39.5. The van der Waals surface area contributed by atoms with E-state index in [0.717, 1.165) is 6.07 Å². The molecule has 0 atom stereocenters. The number of nitriles is 1. The van der Waals surface area contributed by atoms with Crippen molar-refractivity contribution < 1.29 is 22.8 Å². The minimum absolute atomic E-state index is 0.172. The molecule has 6 nitrogen and oxygen atoms in total. The second-order valence-corrected chi connectivity index (χ2v) is 3.19. The third kappa shape index (κ3) is 3.31. The number of ether oxygens (including phenoxy) is 1. The van der Waals surface area contributed by atoms with Crippen molar-refractivity contribution in [3.8, 4) is 11.9 Å². The van der Waals surface area contributed by atoms with Crippen LogP contribution in [0.25, 0.3) is 0 Å².